The Bertz CT molecular complexity index is 674. The van der Waals surface area contributed by atoms with Gasteiger partial charge in [-0.05, 0) is 38.3 Å². The third-order valence-corrected chi connectivity index (χ3v) is 4.31. The number of hydrogen-bond donors (Lipinski definition) is 1. The van der Waals surface area contributed by atoms with Crippen molar-refractivity contribution in [2.45, 2.75) is 44.4 Å². The van der Waals surface area contributed by atoms with Crippen LogP contribution in [0.2, 0.25) is 0 Å². The van der Waals surface area contributed by atoms with Gasteiger partial charge in [0.25, 0.3) is 0 Å². The minimum atomic E-state index is -0.740. The number of nitrogens with zero attached hydrogens (tertiary/aromatic N) is 4. The lowest BCUT2D eigenvalue weighted by molar-refractivity contribution is 0.0215. The van der Waals surface area contributed by atoms with Gasteiger partial charge in [-0.2, -0.15) is 0 Å². The minimum Gasteiger partial charge on any atom is -0.464 e. The van der Waals surface area contributed by atoms with Crippen LogP contribution in [0, 0.1) is 0 Å². The Hall–Kier alpha value is -2.15. The number of carbonyl (C=O) groups excluding carboxylic acids is 1. The number of rotatable bonds is 4. The Kier molecular flexibility index (Phi) is 3.74. The zero-order valence-electron chi connectivity index (χ0n) is 12.8. The molecule has 1 aliphatic carbocycles. The smallest absolute Gasteiger partial charge is 0.354 e. The molecular formula is C15H20N4O3. The topological polar surface area (TPSA) is 82.2 Å². The van der Waals surface area contributed by atoms with Crippen LogP contribution >= 0.6 is 0 Å². The van der Waals surface area contributed by atoms with Crippen LogP contribution in [0.3, 0.4) is 0 Å². The van der Waals surface area contributed by atoms with E-state index in [9.17, 15) is 9.90 Å². The van der Waals surface area contributed by atoms with Gasteiger partial charge in [0.05, 0.1) is 31.5 Å². The average molecular weight is 304 g/mol. The van der Waals surface area contributed by atoms with E-state index in [1.165, 1.54) is 7.11 Å². The number of carbonyl (C=O) groups is 1. The number of ether oxygens (including phenoxy) is 1. The summed E-state index contributed by atoms with van der Waals surface area (Å²) in [6, 6.07) is 3.45. The molecule has 0 radical (unpaired) electrons. The molecule has 2 heterocycles. The van der Waals surface area contributed by atoms with Gasteiger partial charge in [-0.25, -0.2) is 9.48 Å². The highest BCUT2D eigenvalue weighted by Crippen LogP contribution is 2.38. The van der Waals surface area contributed by atoms with Gasteiger partial charge in [-0.15, -0.1) is 5.10 Å². The van der Waals surface area contributed by atoms with E-state index in [0.29, 0.717) is 12.2 Å². The number of esters is 1. The second kappa shape index (κ2) is 5.57. The van der Waals surface area contributed by atoms with E-state index in [0.717, 1.165) is 25.0 Å². The summed E-state index contributed by atoms with van der Waals surface area (Å²) in [7, 11) is 1.36. The van der Waals surface area contributed by atoms with E-state index < -0.39 is 5.60 Å². The average Bonchev–Trinajstić information content (AvgIpc) is 3.18. The van der Waals surface area contributed by atoms with Crippen LogP contribution in [0.4, 0.5) is 0 Å². The van der Waals surface area contributed by atoms with Crippen LogP contribution in [0.25, 0.3) is 0 Å². The van der Waals surface area contributed by atoms with Crippen LogP contribution in [0.15, 0.2) is 24.5 Å². The highest BCUT2D eigenvalue weighted by molar-refractivity contribution is 5.87. The molecule has 118 valence electrons. The first-order valence-electron chi connectivity index (χ1n) is 7.38. The van der Waals surface area contributed by atoms with Gasteiger partial charge in [0.2, 0.25) is 0 Å². The second-order valence-corrected chi connectivity index (χ2v) is 5.97. The van der Waals surface area contributed by atoms with Gasteiger partial charge in [0.1, 0.15) is 11.4 Å². The monoisotopic (exact) mass is 304 g/mol. The van der Waals surface area contributed by atoms with Gasteiger partial charge >= 0.3 is 5.97 Å². The first kappa shape index (κ1) is 14.8. The molecule has 2 atom stereocenters. The third-order valence-electron chi connectivity index (χ3n) is 4.31. The maximum Gasteiger partial charge on any atom is 0.354 e. The molecule has 7 heteroatoms. The lowest BCUT2D eigenvalue weighted by Gasteiger charge is -2.24. The first-order chi connectivity index (χ1) is 10.5. The molecule has 7 nitrogen and oxygen atoms in total. The predicted molar refractivity (Wildman–Crippen MR) is 78.4 cm³/mol. The maximum absolute atomic E-state index is 11.7. The van der Waals surface area contributed by atoms with Crippen molar-refractivity contribution >= 4 is 5.97 Å². The molecule has 1 N–H and O–H groups in total. The van der Waals surface area contributed by atoms with Crippen LogP contribution in [0.1, 0.15) is 48.4 Å². The molecule has 0 amide bonds. The summed E-state index contributed by atoms with van der Waals surface area (Å²) in [5.74, 6) is -0.379. The predicted octanol–water partition coefficient (Wildman–Crippen LogP) is 1.39. The molecule has 0 saturated heterocycles. The second-order valence-electron chi connectivity index (χ2n) is 5.97. The molecule has 3 rings (SSSR count). The molecule has 2 unspecified atom stereocenters. The molecule has 2 aromatic rings. The van der Waals surface area contributed by atoms with Crippen molar-refractivity contribution in [1.29, 1.82) is 0 Å². The molecular weight excluding hydrogens is 284 g/mol. The lowest BCUT2D eigenvalue weighted by atomic mass is 10.0. The number of methoxy groups -OCH3 is 1. The van der Waals surface area contributed by atoms with Gasteiger partial charge in [0.15, 0.2) is 0 Å². The van der Waals surface area contributed by atoms with Crippen LogP contribution < -0.4 is 0 Å². The summed E-state index contributed by atoms with van der Waals surface area (Å²) in [5.41, 5.74) is 0.476. The fourth-order valence-electron chi connectivity index (χ4n) is 3.10. The van der Waals surface area contributed by atoms with Crippen LogP contribution in [0.5, 0.6) is 0 Å². The van der Waals surface area contributed by atoms with E-state index in [4.69, 9.17) is 4.74 Å². The summed E-state index contributed by atoms with van der Waals surface area (Å²) in [6.45, 7) is 2.28. The Morgan fingerprint density at radius 2 is 2.41 bits per heavy atom. The number of hydrogen-bond acceptors (Lipinski definition) is 5. The van der Waals surface area contributed by atoms with Crippen molar-refractivity contribution in [3.05, 3.63) is 35.9 Å². The largest absolute Gasteiger partial charge is 0.464 e. The summed E-state index contributed by atoms with van der Waals surface area (Å²) < 4.78 is 8.26. The van der Waals surface area contributed by atoms with Crippen molar-refractivity contribution in [2.75, 3.05) is 7.11 Å². The Morgan fingerprint density at radius 1 is 1.59 bits per heavy atom. The van der Waals surface area contributed by atoms with E-state index in [1.807, 2.05) is 13.1 Å². The van der Waals surface area contributed by atoms with Gasteiger partial charge in [-0.3, -0.25) is 0 Å². The first-order valence-corrected chi connectivity index (χ1v) is 7.38. The highest BCUT2D eigenvalue weighted by Gasteiger charge is 2.38. The van der Waals surface area contributed by atoms with E-state index in [2.05, 4.69) is 10.3 Å². The standard InChI is InChI=1S/C15H20N4O3/c1-15(21)7-3-6-13(15)19-10-11(16-17-19)9-18-8-4-5-12(18)14(20)22-2/h4-5,8,10,13,21H,3,6-7,9H2,1-2H3. The van der Waals surface area contributed by atoms with E-state index >= 15 is 0 Å². The van der Waals surface area contributed by atoms with E-state index in [1.54, 1.807) is 27.6 Å². The molecule has 0 spiro atoms. The van der Waals surface area contributed by atoms with Gasteiger partial charge < -0.3 is 14.4 Å². The summed E-state index contributed by atoms with van der Waals surface area (Å²) in [6.07, 6.45) is 6.29. The molecule has 2 aromatic heterocycles. The minimum absolute atomic E-state index is 0.0431. The Morgan fingerprint density at radius 3 is 3.09 bits per heavy atom. The fraction of sp³-hybridized carbons (Fsp3) is 0.533. The van der Waals surface area contributed by atoms with Crippen LogP contribution in [-0.4, -0.2) is 43.3 Å². The molecule has 0 bridgehead atoms. The number of aromatic nitrogens is 4. The zero-order valence-corrected chi connectivity index (χ0v) is 12.8. The molecule has 0 aromatic carbocycles. The van der Waals surface area contributed by atoms with Crippen molar-refractivity contribution < 1.29 is 14.6 Å². The van der Waals surface area contributed by atoms with Crippen molar-refractivity contribution in [3.63, 3.8) is 0 Å². The SMILES string of the molecule is COC(=O)c1cccn1Cc1cn(C2CCCC2(C)O)nn1. The van der Waals surface area contributed by atoms with Gasteiger partial charge in [-0.1, -0.05) is 5.21 Å². The Labute approximate surface area is 128 Å². The molecule has 22 heavy (non-hydrogen) atoms. The molecule has 1 fully saturated rings. The maximum atomic E-state index is 11.7. The van der Waals surface area contributed by atoms with Crippen molar-refractivity contribution in [3.8, 4) is 0 Å². The van der Waals surface area contributed by atoms with Crippen LogP contribution in [-0.2, 0) is 11.3 Å². The zero-order chi connectivity index (χ0) is 15.7. The highest BCUT2D eigenvalue weighted by atomic mass is 16.5. The number of aliphatic hydroxyl groups is 1. The molecule has 1 saturated carbocycles. The summed E-state index contributed by atoms with van der Waals surface area (Å²) in [5, 5.41) is 18.7. The molecule has 0 aliphatic heterocycles. The normalized spacial score (nSPS) is 24.6. The molecule has 1 aliphatic rings. The van der Waals surface area contributed by atoms with Crippen molar-refractivity contribution in [1.82, 2.24) is 19.6 Å². The third kappa shape index (κ3) is 2.64. The van der Waals surface area contributed by atoms with Gasteiger partial charge in [0, 0.05) is 6.20 Å². The lowest BCUT2D eigenvalue weighted by Crippen LogP contribution is -2.31. The fourth-order valence-corrected chi connectivity index (χ4v) is 3.10. The Balaban J connectivity index is 1.78. The summed E-state index contributed by atoms with van der Waals surface area (Å²) >= 11 is 0. The summed E-state index contributed by atoms with van der Waals surface area (Å²) in [4.78, 5) is 11.7. The van der Waals surface area contributed by atoms with E-state index in [-0.39, 0.29) is 12.0 Å². The van der Waals surface area contributed by atoms with Crippen molar-refractivity contribution in [2.24, 2.45) is 0 Å². The quantitative estimate of drug-likeness (QED) is 0.863.